The lowest BCUT2D eigenvalue weighted by molar-refractivity contribution is 0.210. The molecule has 1 aromatic carbocycles. The van der Waals surface area contributed by atoms with Gasteiger partial charge in [-0.2, -0.15) is 0 Å². The first-order chi connectivity index (χ1) is 8.03. The molecular weight excluding hydrogens is 219 g/mol. The summed E-state index contributed by atoms with van der Waals surface area (Å²) in [4.78, 5) is 2.15. The molecule has 1 heterocycles. The van der Waals surface area contributed by atoms with Crippen molar-refractivity contribution in [2.24, 2.45) is 0 Å². The Kier molecular flexibility index (Phi) is 3.35. The lowest BCUT2D eigenvalue weighted by Gasteiger charge is -2.47. The minimum Gasteiger partial charge on any atom is -0.395 e. The van der Waals surface area contributed by atoms with E-state index in [2.05, 4.69) is 24.1 Å². The van der Waals surface area contributed by atoms with Crippen molar-refractivity contribution in [3.63, 3.8) is 0 Å². The summed E-state index contributed by atoms with van der Waals surface area (Å²) in [7, 11) is 0. The highest BCUT2D eigenvalue weighted by Gasteiger charge is 2.33. The summed E-state index contributed by atoms with van der Waals surface area (Å²) >= 11 is 0. The number of benzene rings is 1. The first-order valence-corrected chi connectivity index (χ1v) is 5.90. The number of rotatable bonds is 2. The SMILES string of the molecule is CC1(C)CNC(CO)CN1c1cccc(F)c1. The molecule has 0 aromatic heterocycles. The number of anilines is 1. The van der Waals surface area contributed by atoms with Crippen LogP contribution in [0.2, 0.25) is 0 Å². The van der Waals surface area contributed by atoms with Crippen LogP contribution < -0.4 is 10.2 Å². The topological polar surface area (TPSA) is 35.5 Å². The Labute approximate surface area is 101 Å². The normalized spacial score (nSPS) is 23.8. The van der Waals surface area contributed by atoms with Crippen molar-refractivity contribution in [3.05, 3.63) is 30.1 Å². The molecule has 2 rings (SSSR count). The molecule has 0 saturated carbocycles. The van der Waals surface area contributed by atoms with E-state index in [9.17, 15) is 9.50 Å². The van der Waals surface area contributed by atoms with Crippen LogP contribution in [0.5, 0.6) is 0 Å². The Bertz CT molecular complexity index is 395. The van der Waals surface area contributed by atoms with Crippen LogP contribution in [0.25, 0.3) is 0 Å². The lowest BCUT2D eigenvalue weighted by Crippen LogP contribution is -2.63. The number of aliphatic hydroxyl groups excluding tert-OH is 1. The average molecular weight is 238 g/mol. The predicted molar refractivity (Wildman–Crippen MR) is 66.7 cm³/mol. The zero-order valence-corrected chi connectivity index (χ0v) is 10.3. The number of hydrogen-bond acceptors (Lipinski definition) is 3. The van der Waals surface area contributed by atoms with Crippen LogP contribution in [-0.2, 0) is 0 Å². The molecule has 1 saturated heterocycles. The fraction of sp³-hybridized carbons (Fsp3) is 0.538. The molecule has 4 heteroatoms. The number of nitrogens with one attached hydrogen (secondary N) is 1. The highest BCUT2D eigenvalue weighted by Crippen LogP contribution is 2.27. The summed E-state index contributed by atoms with van der Waals surface area (Å²) < 4.78 is 13.3. The standard InChI is InChI=1S/C13H19FN2O/c1-13(2)9-15-11(8-17)7-16(13)12-5-3-4-10(14)6-12/h3-6,11,15,17H,7-9H2,1-2H3. The summed E-state index contributed by atoms with van der Waals surface area (Å²) in [6.07, 6.45) is 0. The van der Waals surface area contributed by atoms with Crippen LogP contribution in [0.4, 0.5) is 10.1 Å². The highest BCUT2D eigenvalue weighted by molar-refractivity contribution is 5.50. The van der Waals surface area contributed by atoms with E-state index < -0.39 is 0 Å². The molecule has 2 N–H and O–H groups in total. The molecule has 94 valence electrons. The van der Waals surface area contributed by atoms with Crippen LogP contribution in [0, 0.1) is 5.82 Å². The van der Waals surface area contributed by atoms with Gasteiger partial charge in [0, 0.05) is 30.4 Å². The van der Waals surface area contributed by atoms with Gasteiger partial charge in [-0.15, -0.1) is 0 Å². The minimum atomic E-state index is -0.225. The second-order valence-electron chi connectivity index (χ2n) is 5.16. The van der Waals surface area contributed by atoms with Crippen LogP contribution in [0.1, 0.15) is 13.8 Å². The Balaban J connectivity index is 2.27. The number of aliphatic hydroxyl groups is 1. The van der Waals surface area contributed by atoms with Crippen LogP contribution in [0.3, 0.4) is 0 Å². The smallest absolute Gasteiger partial charge is 0.125 e. The van der Waals surface area contributed by atoms with Gasteiger partial charge >= 0.3 is 0 Å². The summed E-state index contributed by atoms with van der Waals surface area (Å²) in [6, 6.07) is 6.66. The fourth-order valence-electron chi connectivity index (χ4n) is 2.24. The van der Waals surface area contributed by atoms with Gasteiger partial charge in [-0.05, 0) is 32.0 Å². The molecule has 17 heavy (non-hydrogen) atoms. The largest absolute Gasteiger partial charge is 0.395 e. The van der Waals surface area contributed by atoms with Gasteiger partial charge in [0.1, 0.15) is 5.82 Å². The molecule has 1 fully saturated rings. The third-order valence-electron chi connectivity index (χ3n) is 3.30. The maximum atomic E-state index is 13.3. The van der Waals surface area contributed by atoms with Gasteiger partial charge in [0.05, 0.1) is 6.61 Å². The van der Waals surface area contributed by atoms with Crippen LogP contribution in [0.15, 0.2) is 24.3 Å². The Morgan fingerprint density at radius 1 is 1.53 bits per heavy atom. The maximum Gasteiger partial charge on any atom is 0.125 e. The van der Waals surface area contributed by atoms with Crippen molar-refractivity contribution in [3.8, 4) is 0 Å². The first kappa shape index (κ1) is 12.3. The van der Waals surface area contributed by atoms with E-state index in [4.69, 9.17) is 0 Å². The highest BCUT2D eigenvalue weighted by atomic mass is 19.1. The molecule has 0 amide bonds. The molecule has 1 atom stereocenters. The van der Waals surface area contributed by atoms with Crippen LogP contribution in [-0.4, -0.2) is 36.4 Å². The van der Waals surface area contributed by atoms with E-state index in [1.54, 1.807) is 12.1 Å². The zero-order valence-electron chi connectivity index (χ0n) is 10.3. The Morgan fingerprint density at radius 3 is 2.94 bits per heavy atom. The van der Waals surface area contributed by atoms with E-state index in [-0.39, 0.29) is 24.0 Å². The number of nitrogens with zero attached hydrogens (tertiary/aromatic N) is 1. The molecule has 0 radical (unpaired) electrons. The third kappa shape index (κ3) is 2.58. The monoisotopic (exact) mass is 238 g/mol. The number of hydrogen-bond donors (Lipinski definition) is 2. The molecule has 3 nitrogen and oxygen atoms in total. The second kappa shape index (κ2) is 4.63. The van der Waals surface area contributed by atoms with Gasteiger partial charge in [0.15, 0.2) is 0 Å². The van der Waals surface area contributed by atoms with E-state index >= 15 is 0 Å². The molecular formula is C13H19FN2O. The Hall–Kier alpha value is -1.13. The lowest BCUT2D eigenvalue weighted by atomic mass is 9.96. The minimum absolute atomic E-state index is 0.0475. The summed E-state index contributed by atoms with van der Waals surface area (Å²) in [6.45, 7) is 5.78. The van der Waals surface area contributed by atoms with Gasteiger partial charge in [-0.1, -0.05) is 6.07 Å². The first-order valence-electron chi connectivity index (χ1n) is 5.90. The van der Waals surface area contributed by atoms with Gasteiger partial charge in [-0.3, -0.25) is 0 Å². The molecule has 1 aromatic rings. The van der Waals surface area contributed by atoms with Crippen molar-refractivity contribution in [1.82, 2.24) is 5.32 Å². The summed E-state index contributed by atoms with van der Waals surface area (Å²) in [5.41, 5.74) is 0.786. The van der Waals surface area contributed by atoms with Gasteiger partial charge in [0.2, 0.25) is 0 Å². The average Bonchev–Trinajstić information content (AvgIpc) is 2.29. The molecule has 1 aliphatic heterocycles. The quantitative estimate of drug-likeness (QED) is 0.817. The summed E-state index contributed by atoms with van der Waals surface area (Å²) in [5.74, 6) is -0.225. The van der Waals surface area contributed by atoms with Crippen molar-refractivity contribution in [2.45, 2.75) is 25.4 Å². The third-order valence-corrected chi connectivity index (χ3v) is 3.30. The van der Waals surface area contributed by atoms with Crippen molar-refractivity contribution in [1.29, 1.82) is 0 Å². The molecule has 0 aliphatic carbocycles. The van der Waals surface area contributed by atoms with Gasteiger partial charge in [-0.25, -0.2) is 4.39 Å². The zero-order chi connectivity index (χ0) is 12.5. The van der Waals surface area contributed by atoms with E-state index in [0.29, 0.717) is 6.54 Å². The molecule has 0 spiro atoms. The Morgan fingerprint density at radius 2 is 2.29 bits per heavy atom. The van der Waals surface area contributed by atoms with E-state index in [0.717, 1.165) is 12.2 Å². The number of halogens is 1. The van der Waals surface area contributed by atoms with Crippen molar-refractivity contribution >= 4 is 5.69 Å². The van der Waals surface area contributed by atoms with Crippen LogP contribution >= 0.6 is 0 Å². The maximum absolute atomic E-state index is 13.3. The van der Waals surface area contributed by atoms with Gasteiger partial charge < -0.3 is 15.3 Å². The molecule has 1 aliphatic rings. The second-order valence-corrected chi connectivity index (χ2v) is 5.16. The molecule has 1 unspecified atom stereocenters. The summed E-state index contributed by atoms with van der Waals surface area (Å²) in [5, 5.41) is 12.5. The predicted octanol–water partition coefficient (Wildman–Crippen LogP) is 1.37. The fourth-order valence-corrected chi connectivity index (χ4v) is 2.24. The number of piperazine rings is 1. The van der Waals surface area contributed by atoms with Crippen molar-refractivity contribution in [2.75, 3.05) is 24.6 Å². The molecule has 0 bridgehead atoms. The van der Waals surface area contributed by atoms with Gasteiger partial charge in [0.25, 0.3) is 0 Å². The van der Waals surface area contributed by atoms with Crippen molar-refractivity contribution < 1.29 is 9.50 Å². The van der Waals surface area contributed by atoms with E-state index in [1.807, 2.05) is 6.07 Å². The van der Waals surface area contributed by atoms with E-state index in [1.165, 1.54) is 6.07 Å².